The Morgan fingerprint density at radius 1 is 0.920 bits per heavy atom. The van der Waals surface area contributed by atoms with E-state index in [1.807, 2.05) is 36.4 Å². The van der Waals surface area contributed by atoms with Crippen molar-refractivity contribution in [2.24, 2.45) is 0 Å². The lowest BCUT2D eigenvalue weighted by Gasteiger charge is -2.18. The molecule has 1 aliphatic rings. The lowest BCUT2D eigenvalue weighted by molar-refractivity contribution is 0.316. The van der Waals surface area contributed by atoms with Crippen molar-refractivity contribution in [3.63, 3.8) is 0 Å². The second kappa shape index (κ2) is 9.07. The zero-order chi connectivity index (χ0) is 17.5. The summed E-state index contributed by atoms with van der Waals surface area (Å²) in [6, 6.07) is 15.7. The number of nitrogens with zero attached hydrogens (tertiary/aromatic N) is 1. The first-order valence-corrected chi connectivity index (χ1v) is 9.51. The topological polar surface area (TPSA) is 12.5 Å². The van der Waals surface area contributed by atoms with Crippen molar-refractivity contribution in [3.8, 4) is 11.5 Å². The van der Waals surface area contributed by atoms with Crippen LogP contribution in [0, 0.1) is 0 Å². The van der Waals surface area contributed by atoms with Crippen LogP contribution in [0.1, 0.15) is 38.2 Å². The maximum Gasteiger partial charge on any atom is 0.127 e. The molecule has 1 heterocycles. The second-order valence-corrected chi connectivity index (χ2v) is 7.12. The average Bonchev–Trinajstić information content (AvgIpc) is 2.91. The summed E-state index contributed by atoms with van der Waals surface area (Å²) in [5.41, 5.74) is 2.57. The van der Waals surface area contributed by atoms with Crippen LogP contribution < -0.4 is 4.74 Å². The number of likely N-dealkylation sites (tertiary alicyclic amines) is 1. The molecule has 132 valence electrons. The molecule has 3 rings (SSSR count). The molecule has 2 aromatic rings. The van der Waals surface area contributed by atoms with Gasteiger partial charge in [0.1, 0.15) is 11.5 Å². The summed E-state index contributed by atoms with van der Waals surface area (Å²) in [7, 11) is 0. The molecule has 2 aromatic carbocycles. The molecule has 3 heteroatoms. The molecule has 0 radical (unpaired) electrons. The highest BCUT2D eigenvalue weighted by molar-refractivity contribution is 6.30. The third-order valence-corrected chi connectivity index (χ3v) is 4.97. The van der Waals surface area contributed by atoms with Gasteiger partial charge in [-0.05, 0) is 80.4 Å². The van der Waals surface area contributed by atoms with Crippen LogP contribution in [0.4, 0.5) is 0 Å². The Bertz CT molecular complexity index is 683. The molecule has 0 amide bonds. The van der Waals surface area contributed by atoms with Gasteiger partial charge in [-0.3, -0.25) is 4.90 Å². The van der Waals surface area contributed by atoms with Crippen molar-refractivity contribution < 1.29 is 4.74 Å². The Kier molecular flexibility index (Phi) is 6.55. The van der Waals surface area contributed by atoms with E-state index >= 15 is 0 Å². The minimum Gasteiger partial charge on any atom is -0.457 e. The number of rotatable bonds is 5. The minimum absolute atomic E-state index is 0.716. The van der Waals surface area contributed by atoms with Crippen LogP contribution in [-0.2, 0) is 0 Å². The summed E-state index contributed by atoms with van der Waals surface area (Å²) in [4.78, 5) is 2.56. The lowest BCUT2D eigenvalue weighted by Crippen LogP contribution is -2.24. The Morgan fingerprint density at radius 3 is 2.08 bits per heavy atom. The van der Waals surface area contributed by atoms with Gasteiger partial charge in [-0.25, -0.2) is 0 Å². The number of benzene rings is 2. The number of hydrogen-bond acceptors (Lipinski definition) is 2. The van der Waals surface area contributed by atoms with Gasteiger partial charge in [-0.1, -0.05) is 42.7 Å². The normalized spacial score (nSPS) is 16.5. The maximum absolute atomic E-state index is 5.90. The number of halogens is 1. The number of ether oxygens (including phenoxy) is 1. The molecule has 0 bridgehead atoms. The predicted octanol–water partition coefficient (Wildman–Crippen LogP) is 6.41. The van der Waals surface area contributed by atoms with Gasteiger partial charge in [0.25, 0.3) is 0 Å². The van der Waals surface area contributed by atoms with Crippen molar-refractivity contribution in [2.75, 3.05) is 19.6 Å². The first-order valence-electron chi connectivity index (χ1n) is 9.14. The average molecular weight is 356 g/mol. The van der Waals surface area contributed by atoms with E-state index in [4.69, 9.17) is 16.3 Å². The Hall–Kier alpha value is -1.77. The molecule has 0 unspecified atom stereocenters. The van der Waals surface area contributed by atoms with Crippen molar-refractivity contribution >= 4 is 17.2 Å². The Balaban J connectivity index is 1.58. The van der Waals surface area contributed by atoms with E-state index in [0.29, 0.717) is 5.02 Å². The molecule has 0 N–H and O–H groups in total. The predicted molar refractivity (Wildman–Crippen MR) is 107 cm³/mol. The highest BCUT2D eigenvalue weighted by Crippen LogP contribution is 2.25. The van der Waals surface area contributed by atoms with Crippen molar-refractivity contribution in [2.45, 2.75) is 32.6 Å². The SMILES string of the molecule is CC(=CCN1CCCCCC1)c1ccc(Oc2ccc(Cl)cc2)cc1. The highest BCUT2D eigenvalue weighted by atomic mass is 35.5. The van der Waals surface area contributed by atoms with Crippen LogP contribution >= 0.6 is 11.6 Å². The zero-order valence-corrected chi connectivity index (χ0v) is 15.6. The molecule has 1 saturated heterocycles. The molecule has 1 aliphatic heterocycles. The van der Waals surface area contributed by atoms with Crippen LogP contribution in [0.3, 0.4) is 0 Å². The van der Waals surface area contributed by atoms with Crippen LogP contribution in [0.15, 0.2) is 54.6 Å². The summed E-state index contributed by atoms with van der Waals surface area (Å²) >= 11 is 5.90. The third kappa shape index (κ3) is 5.62. The van der Waals surface area contributed by atoms with E-state index < -0.39 is 0 Å². The third-order valence-electron chi connectivity index (χ3n) is 4.71. The first-order chi connectivity index (χ1) is 12.2. The summed E-state index contributed by atoms with van der Waals surface area (Å²) in [6.07, 6.45) is 7.79. The van der Waals surface area contributed by atoms with Gasteiger partial charge in [-0.15, -0.1) is 0 Å². The number of hydrogen-bond donors (Lipinski definition) is 0. The molecule has 0 atom stereocenters. The van der Waals surface area contributed by atoms with E-state index in [2.05, 4.69) is 30.0 Å². The summed E-state index contributed by atoms with van der Waals surface area (Å²) in [6.45, 7) is 5.71. The highest BCUT2D eigenvalue weighted by Gasteiger charge is 2.07. The van der Waals surface area contributed by atoms with Gasteiger partial charge in [0, 0.05) is 11.6 Å². The molecule has 0 aromatic heterocycles. The molecule has 1 fully saturated rings. The van der Waals surface area contributed by atoms with Crippen LogP contribution in [0.5, 0.6) is 11.5 Å². The quantitative estimate of drug-likeness (QED) is 0.614. The summed E-state index contributed by atoms with van der Waals surface area (Å²) in [5.74, 6) is 1.64. The van der Waals surface area contributed by atoms with Gasteiger partial charge in [0.15, 0.2) is 0 Å². The van der Waals surface area contributed by atoms with Gasteiger partial charge in [0.2, 0.25) is 0 Å². The number of allylic oxidation sites excluding steroid dienone is 1. The lowest BCUT2D eigenvalue weighted by atomic mass is 10.1. The molecule has 0 spiro atoms. The van der Waals surface area contributed by atoms with Crippen molar-refractivity contribution in [3.05, 3.63) is 65.2 Å². The fourth-order valence-corrected chi connectivity index (χ4v) is 3.25. The molecule has 0 aliphatic carbocycles. The minimum atomic E-state index is 0.716. The van der Waals surface area contributed by atoms with E-state index in [1.165, 1.54) is 49.9 Å². The summed E-state index contributed by atoms with van der Waals surface area (Å²) in [5, 5.41) is 0.716. The molecule has 2 nitrogen and oxygen atoms in total. The summed E-state index contributed by atoms with van der Waals surface area (Å²) < 4.78 is 5.85. The molecule has 0 saturated carbocycles. The largest absolute Gasteiger partial charge is 0.457 e. The van der Waals surface area contributed by atoms with Crippen LogP contribution in [0.2, 0.25) is 5.02 Å². The van der Waals surface area contributed by atoms with Gasteiger partial charge in [-0.2, -0.15) is 0 Å². The van der Waals surface area contributed by atoms with Gasteiger partial charge >= 0.3 is 0 Å². The van der Waals surface area contributed by atoms with Crippen molar-refractivity contribution in [1.29, 1.82) is 0 Å². The standard InChI is InChI=1S/C22H26ClNO/c1-18(14-17-24-15-4-2-3-5-16-24)19-6-10-21(11-7-19)25-22-12-8-20(23)9-13-22/h6-14H,2-5,15-17H2,1H3. The smallest absolute Gasteiger partial charge is 0.127 e. The fourth-order valence-electron chi connectivity index (χ4n) is 3.13. The fraction of sp³-hybridized carbons (Fsp3) is 0.364. The van der Waals surface area contributed by atoms with E-state index in [0.717, 1.165) is 18.0 Å². The zero-order valence-electron chi connectivity index (χ0n) is 14.9. The molecular formula is C22H26ClNO. The maximum atomic E-state index is 5.90. The van der Waals surface area contributed by atoms with E-state index in [9.17, 15) is 0 Å². The Labute approximate surface area is 156 Å². The van der Waals surface area contributed by atoms with Gasteiger partial charge in [0.05, 0.1) is 0 Å². The molecular weight excluding hydrogens is 330 g/mol. The molecule has 25 heavy (non-hydrogen) atoms. The first kappa shape index (κ1) is 18.0. The van der Waals surface area contributed by atoms with Crippen molar-refractivity contribution in [1.82, 2.24) is 4.90 Å². The van der Waals surface area contributed by atoms with E-state index in [1.54, 1.807) is 0 Å². The Morgan fingerprint density at radius 2 is 1.48 bits per heavy atom. The van der Waals surface area contributed by atoms with Crippen LogP contribution in [0.25, 0.3) is 5.57 Å². The van der Waals surface area contributed by atoms with Crippen LogP contribution in [-0.4, -0.2) is 24.5 Å². The van der Waals surface area contributed by atoms with Gasteiger partial charge < -0.3 is 4.74 Å². The van der Waals surface area contributed by atoms with E-state index in [-0.39, 0.29) is 0 Å². The monoisotopic (exact) mass is 355 g/mol. The second-order valence-electron chi connectivity index (χ2n) is 6.68.